The van der Waals surface area contributed by atoms with E-state index in [-0.39, 0.29) is 0 Å². The first kappa shape index (κ1) is 10.2. The maximum Gasteiger partial charge on any atom is 0.0375 e. The van der Waals surface area contributed by atoms with E-state index in [2.05, 4.69) is 36.5 Å². The molecule has 1 N–H and O–H groups in total. The molecule has 86 valence electrons. The Hall–Kier alpha value is -0.980. The molecular weight excluding hydrogens is 194 g/mol. The number of nitrogens with one attached hydrogen (secondary N) is 1. The molecule has 1 aliphatic carbocycles. The number of fused-ring (bicyclic) bond motifs is 1. The van der Waals surface area contributed by atoms with E-state index in [1.165, 1.54) is 43.4 Å². The van der Waals surface area contributed by atoms with Gasteiger partial charge in [0.05, 0.1) is 0 Å². The average molecular weight is 215 g/mol. The molecule has 0 bridgehead atoms. The van der Waals surface area contributed by atoms with Crippen molar-refractivity contribution < 1.29 is 0 Å². The van der Waals surface area contributed by atoms with Crippen LogP contribution < -0.4 is 5.32 Å². The Kier molecular flexibility index (Phi) is 2.62. The summed E-state index contributed by atoms with van der Waals surface area (Å²) in [7, 11) is 0. The van der Waals surface area contributed by atoms with E-state index in [0.29, 0.717) is 6.04 Å². The number of benzene rings is 1. The van der Waals surface area contributed by atoms with Crippen molar-refractivity contribution in [3.63, 3.8) is 0 Å². The van der Waals surface area contributed by atoms with Crippen LogP contribution in [0.1, 0.15) is 38.2 Å². The van der Waals surface area contributed by atoms with E-state index >= 15 is 0 Å². The Bertz CT molecular complexity index is 346. The molecule has 0 radical (unpaired) electrons. The second-order valence-corrected chi connectivity index (χ2v) is 5.64. The van der Waals surface area contributed by atoms with Crippen LogP contribution in [-0.4, -0.2) is 6.04 Å². The molecule has 3 atom stereocenters. The zero-order valence-electron chi connectivity index (χ0n) is 10.1. The molecule has 1 heteroatoms. The zero-order valence-corrected chi connectivity index (χ0v) is 10.1. The molecule has 3 unspecified atom stereocenters. The van der Waals surface area contributed by atoms with Gasteiger partial charge in [-0.05, 0) is 42.7 Å². The molecule has 2 aliphatic rings. The fourth-order valence-corrected chi connectivity index (χ4v) is 3.46. The Morgan fingerprint density at radius 1 is 1.19 bits per heavy atom. The molecule has 0 amide bonds. The van der Waals surface area contributed by atoms with Crippen molar-refractivity contribution in [3.8, 4) is 0 Å². The van der Waals surface area contributed by atoms with Crippen molar-refractivity contribution in [2.24, 2.45) is 11.8 Å². The van der Waals surface area contributed by atoms with E-state index in [4.69, 9.17) is 0 Å². The first-order valence-electron chi connectivity index (χ1n) is 6.67. The predicted octanol–water partition coefficient (Wildman–Crippen LogP) is 3.85. The van der Waals surface area contributed by atoms with E-state index in [9.17, 15) is 0 Å². The Balaban J connectivity index is 1.71. The van der Waals surface area contributed by atoms with Gasteiger partial charge in [0.1, 0.15) is 0 Å². The van der Waals surface area contributed by atoms with Gasteiger partial charge in [0, 0.05) is 11.7 Å². The van der Waals surface area contributed by atoms with E-state index in [1.807, 2.05) is 0 Å². The van der Waals surface area contributed by atoms with Gasteiger partial charge in [0.25, 0.3) is 0 Å². The minimum atomic E-state index is 0.708. The number of para-hydroxylation sites is 1. The lowest BCUT2D eigenvalue weighted by Crippen LogP contribution is -2.30. The average Bonchev–Trinajstić information content (AvgIpc) is 2.72. The maximum atomic E-state index is 3.72. The minimum Gasteiger partial charge on any atom is -0.381 e. The molecule has 0 spiro atoms. The molecule has 3 rings (SSSR count). The summed E-state index contributed by atoms with van der Waals surface area (Å²) >= 11 is 0. The van der Waals surface area contributed by atoms with Crippen LogP contribution >= 0.6 is 0 Å². The van der Waals surface area contributed by atoms with Crippen LogP contribution in [0.5, 0.6) is 0 Å². The molecule has 1 nitrogen and oxygen atoms in total. The zero-order chi connectivity index (χ0) is 11.0. The Morgan fingerprint density at radius 2 is 2.06 bits per heavy atom. The van der Waals surface area contributed by atoms with Crippen molar-refractivity contribution in [2.75, 3.05) is 5.32 Å². The quantitative estimate of drug-likeness (QED) is 0.750. The second-order valence-electron chi connectivity index (χ2n) is 5.64. The molecule has 1 saturated carbocycles. The molecule has 0 aromatic heterocycles. The highest BCUT2D eigenvalue weighted by molar-refractivity contribution is 5.56. The monoisotopic (exact) mass is 215 g/mol. The summed E-state index contributed by atoms with van der Waals surface area (Å²) in [6, 6.07) is 9.50. The number of anilines is 1. The van der Waals surface area contributed by atoms with Crippen molar-refractivity contribution in [1.29, 1.82) is 0 Å². The van der Waals surface area contributed by atoms with Crippen LogP contribution in [0.15, 0.2) is 24.3 Å². The van der Waals surface area contributed by atoms with Crippen LogP contribution in [0.2, 0.25) is 0 Å². The molecule has 1 aliphatic heterocycles. The fraction of sp³-hybridized carbons (Fsp3) is 0.600. The predicted molar refractivity (Wildman–Crippen MR) is 68.7 cm³/mol. The van der Waals surface area contributed by atoms with E-state index in [1.54, 1.807) is 0 Å². The van der Waals surface area contributed by atoms with E-state index < -0.39 is 0 Å². The highest BCUT2D eigenvalue weighted by Crippen LogP contribution is 2.37. The van der Waals surface area contributed by atoms with Crippen LogP contribution in [0, 0.1) is 11.8 Å². The molecule has 1 heterocycles. The normalized spacial score (nSPS) is 33.2. The summed E-state index contributed by atoms with van der Waals surface area (Å²) in [5.74, 6) is 1.83. The second kappa shape index (κ2) is 4.12. The van der Waals surface area contributed by atoms with Crippen LogP contribution in [0.3, 0.4) is 0 Å². The van der Waals surface area contributed by atoms with Gasteiger partial charge in [0.15, 0.2) is 0 Å². The van der Waals surface area contributed by atoms with E-state index in [0.717, 1.165) is 11.8 Å². The summed E-state index contributed by atoms with van der Waals surface area (Å²) in [4.78, 5) is 0. The summed E-state index contributed by atoms with van der Waals surface area (Å²) in [6.45, 7) is 2.41. The summed E-state index contributed by atoms with van der Waals surface area (Å²) in [5, 5.41) is 3.72. The topological polar surface area (TPSA) is 12.0 Å². The van der Waals surface area contributed by atoms with Gasteiger partial charge in [-0.25, -0.2) is 0 Å². The maximum absolute atomic E-state index is 3.72. The lowest BCUT2D eigenvalue weighted by atomic mass is 9.78. The van der Waals surface area contributed by atoms with Gasteiger partial charge in [-0.15, -0.1) is 0 Å². The summed E-state index contributed by atoms with van der Waals surface area (Å²) in [5.41, 5.74) is 2.90. The number of rotatable bonds is 1. The highest BCUT2D eigenvalue weighted by atomic mass is 15.0. The lowest BCUT2D eigenvalue weighted by molar-refractivity contribution is 0.258. The van der Waals surface area contributed by atoms with Crippen LogP contribution in [-0.2, 0) is 6.42 Å². The van der Waals surface area contributed by atoms with Crippen molar-refractivity contribution in [3.05, 3.63) is 29.8 Å². The molecular formula is C15H21N. The highest BCUT2D eigenvalue weighted by Gasteiger charge is 2.30. The third-order valence-electron chi connectivity index (χ3n) is 4.34. The molecule has 1 fully saturated rings. The Labute approximate surface area is 98.3 Å². The standard InChI is InChI=1S/C15H21N/c1-11-5-4-7-12(9-11)15-10-13-6-2-3-8-14(13)16-15/h2-3,6,8,11-12,15-16H,4-5,7,9-10H2,1H3. The third-order valence-corrected chi connectivity index (χ3v) is 4.34. The van der Waals surface area contributed by atoms with Gasteiger partial charge in [-0.1, -0.05) is 38.0 Å². The molecule has 16 heavy (non-hydrogen) atoms. The summed E-state index contributed by atoms with van der Waals surface area (Å²) < 4.78 is 0. The number of hydrogen-bond donors (Lipinski definition) is 1. The SMILES string of the molecule is CC1CCCC(C2Cc3ccccc3N2)C1. The smallest absolute Gasteiger partial charge is 0.0375 e. The van der Waals surface area contributed by atoms with Gasteiger partial charge in [0.2, 0.25) is 0 Å². The molecule has 0 saturated heterocycles. The largest absolute Gasteiger partial charge is 0.381 e. The van der Waals surface area contributed by atoms with Gasteiger partial charge in [-0.3, -0.25) is 0 Å². The van der Waals surface area contributed by atoms with Gasteiger partial charge in [-0.2, -0.15) is 0 Å². The van der Waals surface area contributed by atoms with Gasteiger partial charge >= 0.3 is 0 Å². The van der Waals surface area contributed by atoms with Crippen molar-refractivity contribution in [1.82, 2.24) is 0 Å². The first-order chi connectivity index (χ1) is 7.83. The van der Waals surface area contributed by atoms with Crippen molar-refractivity contribution in [2.45, 2.75) is 45.1 Å². The van der Waals surface area contributed by atoms with Crippen molar-refractivity contribution >= 4 is 5.69 Å². The fourth-order valence-electron chi connectivity index (χ4n) is 3.46. The molecule has 1 aromatic carbocycles. The number of hydrogen-bond acceptors (Lipinski definition) is 1. The Morgan fingerprint density at radius 3 is 2.88 bits per heavy atom. The lowest BCUT2D eigenvalue weighted by Gasteiger charge is -2.31. The summed E-state index contributed by atoms with van der Waals surface area (Å²) in [6.07, 6.45) is 6.96. The van der Waals surface area contributed by atoms with Crippen LogP contribution in [0.4, 0.5) is 5.69 Å². The van der Waals surface area contributed by atoms with Crippen LogP contribution in [0.25, 0.3) is 0 Å². The van der Waals surface area contributed by atoms with Gasteiger partial charge < -0.3 is 5.32 Å². The third kappa shape index (κ3) is 1.83. The molecule has 1 aromatic rings. The first-order valence-corrected chi connectivity index (χ1v) is 6.67. The minimum absolute atomic E-state index is 0.708.